The number of halogens is 2. The first-order valence-electron chi connectivity index (χ1n) is 6.25. The maximum atomic E-state index is 13.4. The van der Waals surface area contributed by atoms with Gasteiger partial charge in [0.25, 0.3) is 0 Å². The highest BCUT2D eigenvalue weighted by Crippen LogP contribution is 2.32. The second kappa shape index (κ2) is 5.05. The molecule has 1 N–H and O–H groups in total. The van der Waals surface area contributed by atoms with Crippen LogP contribution in [-0.2, 0) is 6.54 Å². The molecule has 0 amide bonds. The fourth-order valence-electron chi connectivity index (χ4n) is 2.31. The van der Waals surface area contributed by atoms with E-state index < -0.39 is 0 Å². The van der Waals surface area contributed by atoms with Crippen molar-refractivity contribution in [2.24, 2.45) is 0 Å². The first-order valence-corrected chi connectivity index (χ1v) is 7.32. The summed E-state index contributed by atoms with van der Waals surface area (Å²) in [4.78, 5) is 4.53. The minimum Gasteiger partial charge on any atom is -0.507 e. The van der Waals surface area contributed by atoms with Crippen LogP contribution in [0, 0.1) is 9.39 Å². The number of aromatic hydroxyl groups is 1. The lowest BCUT2D eigenvalue weighted by molar-refractivity contribution is 0.476. The largest absolute Gasteiger partial charge is 0.507 e. The van der Waals surface area contributed by atoms with Gasteiger partial charge in [-0.3, -0.25) is 0 Å². The molecule has 1 aromatic heterocycles. The quantitative estimate of drug-likeness (QED) is 0.676. The van der Waals surface area contributed by atoms with E-state index in [-0.39, 0.29) is 11.6 Å². The molecule has 1 heterocycles. The molecule has 5 heteroatoms. The molecule has 3 nitrogen and oxygen atoms in total. The van der Waals surface area contributed by atoms with Crippen molar-refractivity contribution in [1.29, 1.82) is 0 Å². The molecule has 0 spiro atoms. The summed E-state index contributed by atoms with van der Waals surface area (Å²) in [6.45, 7) is 2.63. The molecular weight excluding hydrogens is 370 g/mol. The van der Waals surface area contributed by atoms with Crippen LogP contribution in [0.4, 0.5) is 4.39 Å². The number of aromatic nitrogens is 2. The summed E-state index contributed by atoms with van der Waals surface area (Å²) in [7, 11) is 0. The van der Waals surface area contributed by atoms with Crippen LogP contribution in [0.3, 0.4) is 0 Å². The van der Waals surface area contributed by atoms with Crippen molar-refractivity contribution in [3.63, 3.8) is 0 Å². The zero-order valence-corrected chi connectivity index (χ0v) is 12.9. The van der Waals surface area contributed by atoms with Gasteiger partial charge in [-0.25, -0.2) is 9.37 Å². The molecule has 0 atom stereocenters. The Morgan fingerprint density at radius 3 is 2.80 bits per heavy atom. The van der Waals surface area contributed by atoms with Crippen molar-refractivity contribution < 1.29 is 9.50 Å². The van der Waals surface area contributed by atoms with Crippen LogP contribution in [0.2, 0.25) is 0 Å². The minimum absolute atomic E-state index is 0.177. The van der Waals surface area contributed by atoms with Crippen molar-refractivity contribution in [2.45, 2.75) is 13.5 Å². The average molecular weight is 382 g/mol. The SMILES string of the molecule is CCn1c(-c2cc(I)ccc2O)nc2ccc(F)cc21. The molecule has 3 aromatic rings. The van der Waals surface area contributed by atoms with Gasteiger partial charge in [0, 0.05) is 10.1 Å². The van der Waals surface area contributed by atoms with E-state index in [0.29, 0.717) is 17.9 Å². The van der Waals surface area contributed by atoms with Crippen molar-refractivity contribution >= 4 is 33.6 Å². The van der Waals surface area contributed by atoms with Gasteiger partial charge in [-0.05, 0) is 65.9 Å². The first-order chi connectivity index (χ1) is 9.60. The predicted octanol–water partition coefficient (Wildman–Crippen LogP) is 4.17. The molecule has 0 bridgehead atoms. The number of hydrogen-bond donors (Lipinski definition) is 1. The van der Waals surface area contributed by atoms with Crippen LogP contribution in [0.15, 0.2) is 36.4 Å². The van der Waals surface area contributed by atoms with Gasteiger partial charge >= 0.3 is 0 Å². The normalized spacial score (nSPS) is 11.2. The van der Waals surface area contributed by atoms with Gasteiger partial charge in [0.15, 0.2) is 0 Å². The summed E-state index contributed by atoms with van der Waals surface area (Å²) in [6.07, 6.45) is 0. The fourth-order valence-corrected chi connectivity index (χ4v) is 2.80. The van der Waals surface area contributed by atoms with E-state index in [1.54, 1.807) is 12.1 Å². The van der Waals surface area contributed by atoms with Crippen molar-refractivity contribution in [1.82, 2.24) is 9.55 Å². The Bertz CT molecular complexity index is 798. The van der Waals surface area contributed by atoms with Gasteiger partial charge in [0.2, 0.25) is 0 Å². The second-order valence-electron chi connectivity index (χ2n) is 4.47. The molecule has 20 heavy (non-hydrogen) atoms. The highest BCUT2D eigenvalue weighted by Gasteiger charge is 2.15. The van der Waals surface area contributed by atoms with Crippen LogP contribution < -0.4 is 0 Å². The highest BCUT2D eigenvalue weighted by atomic mass is 127. The number of aryl methyl sites for hydroxylation is 1. The molecule has 3 rings (SSSR count). The number of phenols is 1. The Balaban J connectivity index is 2.33. The van der Waals surface area contributed by atoms with E-state index in [1.807, 2.05) is 23.6 Å². The average Bonchev–Trinajstić information content (AvgIpc) is 2.79. The van der Waals surface area contributed by atoms with E-state index in [1.165, 1.54) is 12.1 Å². The molecule has 102 valence electrons. The van der Waals surface area contributed by atoms with Gasteiger partial charge in [-0.1, -0.05) is 0 Å². The van der Waals surface area contributed by atoms with E-state index in [4.69, 9.17) is 0 Å². The number of fused-ring (bicyclic) bond motifs is 1. The monoisotopic (exact) mass is 382 g/mol. The summed E-state index contributed by atoms with van der Waals surface area (Å²) < 4.78 is 16.3. The van der Waals surface area contributed by atoms with Gasteiger partial charge in [0.05, 0.1) is 16.6 Å². The summed E-state index contributed by atoms with van der Waals surface area (Å²) in [5.41, 5.74) is 2.12. The molecule has 0 saturated heterocycles. The Morgan fingerprint density at radius 2 is 2.05 bits per heavy atom. The molecule has 0 unspecified atom stereocenters. The van der Waals surface area contributed by atoms with Crippen LogP contribution in [0.1, 0.15) is 6.92 Å². The van der Waals surface area contributed by atoms with Crippen LogP contribution in [0.25, 0.3) is 22.4 Å². The van der Waals surface area contributed by atoms with E-state index in [2.05, 4.69) is 27.6 Å². The summed E-state index contributed by atoms with van der Waals surface area (Å²) in [6, 6.07) is 9.88. The molecule has 0 saturated carbocycles. The maximum Gasteiger partial charge on any atom is 0.144 e. The van der Waals surface area contributed by atoms with E-state index in [9.17, 15) is 9.50 Å². The lowest BCUT2D eigenvalue weighted by Crippen LogP contribution is -1.98. The van der Waals surface area contributed by atoms with E-state index >= 15 is 0 Å². The standard InChI is InChI=1S/C15H12FIN2O/c1-2-19-13-7-9(16)3-5-12(13)18-15(19)11-8-10(17)4-6-14(11)20/h3-8,20H,2H2,1H3. The van der Waals surface area contributed by atoms with Crippen LogP contribution >= 0.6 is 22.6 Å². The molecule has 0 aliphatic heterocycles. The number of nitrogens with zero attached hydrogens (tertiary/aromatic N) is 2. The topological polar surface area (TPSA) is 38.0 Å². The lowest BCUT2D eigenvalue weighted by atomic mass is 10.2. The molecule has 0 radical (unpaired) electrons. The smallest absolute Gasteiger partial charge is 0.144 e. The fraction of sp³-hybridized carbons (Fsp3) is 0.133. The van der Waals surface area contributed by atoms with Gasteiger partial charge in [-0.2, -0.15) is 0 Å². The Morgan fingerprint density at radius 1 is 1.25 bits per heavy atom. The third-order valence-corrected chi connectivity index (χ3v) is 3.90. The van der Waals surface area contributed by atoms with Crippen LogP contribution in [0.5, 0.6) is 5.75 Å². The van der Waals surface area contributed by atoms with Crippen molar-refractivity contribution in [2.75, 3.05) is 0 Å². The first kappa shape index (κ1) is 13.4. The highest BCUT2D eigenvalue weighted by molar-refractivity contribution is 14.1. The third kappa shape index (κ3) is 2.15. The minimum atomic E-state index is -0.287. The zero-order valence-electron chi connectivity index (χ0n) is 10.8. The summed E-state index contributed by atoms with van der Waals surface area (Å²) in [5.74, 6) is 0.547. The molecule has 2 aromatic carbocycles. The Labute approximate surface area is 129 Å². The Kier molecular flexibility index (Phi) is 3.37. The molecular formula is C15H12FIN2O. The zero-order chi connectivity index (χ0) is 14.3. The number of rotatable bonds is 2. The van der Waals surface area contributed by atoms with E-state index in [0.717, 1.165) is 14.6 Å². The molecule has 0 aliphatic carbocycles. The van der Waals surface area contributed by atoms with Gasteiger partial charge in [0.1, 0.15) is 17.4 Å². The van der Waals surface area contributed by atoms with Crippen molar-refractivity contribution in [3.05, 3.63) is 45.8 Å². The van der Waals surface area contributed by atoms with Gasteiger partial charge in [-0.15, -0.1) is 0 Å². The molecule has 0 aliphatic rings. The third-order valence-electron chi connectivity index (χ3n) is 3.23. The second-order valence-corrected chi connectivity index (χ2v) is 5.72. The van der Waals surface area contributed by atoms with Crippen molar-refractivity contribution in [3.8, 4) is 17.1 Å². The predicted molar refractivity (Wildman–Crippen MR) is 85.2 cm³/mol. The van der Waals surface area contributed by atoms with Gasteiger partial charge < -0.3 is 9.67 Å². The number of imidazole rings is 1. The van der Waals surface area contributed by atoms with Crippen LogP contribution in [-0.4, -0.2) is 14.7 Å². The Hall–Kier alpha value is -1.63. The number of benzene rings is 2. The summed E-state index contributed by atoms with van der Waals surface area (Å²) in [5, 5.41) is 10.1. The summed E-state index contributed by atoms with van der Waals surface area (Å²) >= 11 is 2.19. The lowest BCUT2D eigenvalue weighted by Gasteiger charge is -2.08. The molecule has 0 fully saturated rings. The maximum absolute atomic E-state index is 13.4. The number of hydrogen-bond acceptors (Lipinski definition) is 2. The number of phenolic OH excluding ortho intramolecular Hbond substituents is 1.